The second-order valence-corrected chi connectivity index (χ2v) is 6.60. The van der Waals surface area contributed by atoms with E-state index in [1.54, 1.807) is 19.1 Å². The van der Waals surface area contributed by atoms with Crippen LogP contribution in [0.4, 0.5) is 10.1 Å². The van der Waals surface area contributed by atoms with Gasteiger partial charge in [-0.2, -0.15) is 0 Å². The molecular formula is C18H17FN4OS. The normalized spacial score (nSPS) is 10.7. The number of carbonyl (C=O) groups excluding carboxylic acids is 1. The third kappa shape index (κ3) is 4.45. The van der Waals surface area contributed by atoms with Crippen molar-refractivity contribution in [2.24, 2.45) is 0 Å². The van der Waals surface area contributed by atoms with Gasteiger partial charge in [-0.3, -0.25) is 9.89 Å². The molecule has 0 radical (unpaired) electrons. The Balaban J connectivity index is 1.59. The van der Waals surface area contributed by atoms with Crippen molar-refractivity contribution in [3.05, 3.63) is 59.4 Å². The lowest BCUT2D eigenvalue weighted by atomic mass is 10.1. The molecule has 3 rings (SSSR count). The molecule has 1 aromatic heterocycles. The molecule has 128 valence electrons. The van der Waals surface area contributed by atoms with E-state index in [2.05, 4.69) is 20.5 Å². The quantitative estimate of drug-likeness (QED) is 0.679. The van der Waals surface area contributed by atoms with Crippen LogP contribution in [-0.4, -0.2) is 26.8 Å². The van der Waals surface area contributed by atoms with Gasteiger partial charge in [0.1, 0.15) is 5.82 Å². The number of halogens is 1. The molecule has 0 saturated heterocycles. The first kappa shape index (κ1) is 17.2. The highest BCUT2D eigenvalue weighted by molar-refractivity contribution is 7.99. The highest BCUT2D eigenvalue weighted by Gasteiger charge is 2.11. The first-order valence-electron chi connectivity index (χ1n) is 7.69. The van der Waals surface area contributed by atoms with Gasteiger partial charge in [0.25, 0.3) is 0 Å². The predicted molar refractivity (Wildman–Crippen MR) is 97.0 cm³/mol. The van der Waals surface area contributed by atoms with E-state index in [0.717, 1.165) is 16.7 Å². The number of amides is 1. The van der Waals surface area contributed by atoms with Gasteiger partial charge in [-0.25, -0.2) is 9.37 Å². The lowest BCUT2D eigenvalue weighted by Crippen LogP contribution is -2.15. The van der Waals surface area contributed by atoms with Gasteiger partial charge in [-0.1, -0.05) is 41.6 Å². The van der Waals surface area contributed by atoms with Gasteiger partial charge in [0.15, 0.2) is 5.82 Å². The molecule has 7 heteroatoms. The number of aromatic amines is 1. The maximum absolute atomic E-state index is 13.7. The molecule has 0 bridgehead atoms. The number of aromatic nitrogens is 3. The molecule has 2 aromatic carbocycles. The third-order valence-corrected chi connectivity index (χ3v) is 4.33. The van der Waals surface area contributed by atoms with E-state index < -0.39 is 5.82 Å². The van der Waals surface area contributed by atoms with Crippen LogP contribution >= 0.6 is 11.8 Å². The van der Waals surface area contributed by atoms with Crippen LogP contribution in [0, 0.1) is 19.7 Å². The number of nitrogens with zero attached hydrogens (tertiary/aromatic N) is 2. The Morgan fingerprint density at radius 1 is 1.20 bits per heavy atom. The molecule has 2 N–H and O–H groups in total. The molecular weight excluding hydrogens is 339 g/mol. The molecule has 0 aliphatic rings. The summed E-state index contributed by atoms with van der Waals surface area (Å²) >= 11 is 1.19. The Morgan fingerprint density at radius 3 is 2.76 bits per heavy atom. The molecule has 0 atom stereocenters. The minimum atomic E-state index is -0.446. The van der Waals surface area contributed by atoms with Crippen LogP contribution in [0.3, 0.4) is 0 Å². The average molecular weight is 356 g/mol. The molecule has 5 nitrogen and oxygen atoms in total. The third-order valence-electron chi connectivity index (χ3n) is 3.49. The minimum absolute atomic E-state index is 0.0957. The summed E-state index contributed by atoms with van der Waals surface area (Å²) in [5.74, 6) is -0.0119. The summed E-state index contributed by atoms with van der Waals surface area (Å²) < 4.78 is 13.7. The average Bonchev–Trinajstić information content (AvgIpc) is 3.05. The smallest absolute Gasteiger partial charge is 0.234 e. The van der Waals surface area contributed by atoms with E-state index in [1.165, 1.54) is 17.8 Å². The summed E-state index contributed by atoms with van der Waals surface area (Å²) in [5.41, 5.74) is 3.04. The van der Waals surface area contributed by atoms with Crippen molar-refractivity contribution in [2.45, 2.75) is 19.0 Å². The van der Waals surface area contributed by atoms with Crippen molar-refractivity contribution in [3.63, 3.8) is 0 Å². The molecule has 0 aliphatic heterocycles. The van der Waals surface area contributed by atoms with Gasteiger partial charge in [0, 0.05) is 5.56 Å². The molecule has 1 amide bonds. The fourth-order valence-electron chi connectivity index (χ4n) is 2.27. The number of H-pyrrole nitrogens is 1. The molecule has 0 aliphatic carbocycles. The monoisotopic (exact) mass is 356 g/mol. The van der Waals surface area contributed by atoms with E-state index in [9.17, 15) is 9.18 Å². The number of rotatable bonds is 5. The minimum Gasteiger partial charge on any atom is -0.323 e. The Hall–Kier alpha value is -2.67. The number of hydrogen-bond acceptors (Lipinski definition) is 4. The molecule has 25 heavy (non-hydrogen) atoms. The number of thioether (sulfide) groups is 1. The van der Waals surface area contributed by atoms with E-state index in [0.29, 0.717) is 11.0 Å². The Labute approximate surface area is 149 Å². The van der Waals surface area contributed by atoms with Gasteiger partial charge in [0.2, 0.25) is 11.1 Å². The largest absolute Gasteiger partial charge is 0.323 e. The first-order chi connectivity index (χ1) is 12.0. The highest BCUT2D eigenvalue weighted by atomic mass is 32.2. The predicted octanol–water partition coefficient (Wildman–Crippen LogP) is 3.96. The SMILES string of the molecule is Cc1cccc(-c2nc(SCC(=O)Nc3ccc(C)cc3F)n[nH]2)c1. The first-order valence-corrected chi connectivity index (χ1v) is 8.68. The van der Waals surface area contributed by atoms with E-state index >= 15 is 0 Å². The number of nitrogens with one attached hydrogen (secondary N) is 2. The van der Waals surface area contributed by atoms with Crippen molar-refractivity contribution >= 4 is 23.4 Å². The summed E-state index contributed by atoms with van der Waals surface area (Å²) in [6, 6.07) is 12.6. The van der Waals surface area contributed by atoms with Gasteiger partial charge in [0.05, 0.1) is 11.4 Å². The fraction of sp³-hybridized carbons (Fsp3) is 0.167. The molecule has 0 fully saturated rings. The highest BCUT2D eigenvalue weighted by Crippen LogP contribution is 2.21. The number of carbonyl (C=O) groups is 1. The molecule has 0 spiro atoms. The Morgan fingerprint density at radius 2 is 2.00 bits per heavy atom. The standard InChI is InChI=1S/C18H17FN4OS/c1-11-4-3-5-13(8-11)17-21-18(23-22-17)25-10-16(24)20-15-7-6-12(2)9-14(15)19/h3-9H,10H2,1-2H3,(H,20,24)(H,21,22,23). The molecule has 0 unspecified atom stereocenters. The molecule has 0 saturated carbocycles. The summed E-state index contributed by atoms with van der Waals surface area (Å²) in [5, 5.41) is 9.99. The van der Waals surface area contributed by atoms with Crippen molar-refractivity contribution in [2.75, 3.05) is 11.1 Å². The second-order valence-electron chi connectivity index (χ2n) is 5.66. The zero-order valence-corrected chi connectivity index (χ0v) is 14.7. The van der Waals surface area contributed by atoms with Crippen molar-refractivity contribution in [1.82, 2.24) is 15.2 Å². The number of benzene rings is 2. The topological polar surface area (TPSA) is 70.7 Å². The van der Waals surface area contributed by atoms with Crippen LogP contribution in [-0.2, 0) is 4.79 Å². The zero-order chi connectivity index (χ0) is 17.8. The van der Waals surface area contributed by atoms with Gasteiger partial charge in [-0.05, 0) is 37.6 Å². The Bertz CT molecular complexity index is 910. The van der Waals surface area contributed by atoms with Crippen LogP contribution < -0.4 is 5.32 Å². The van der Waals surface area contributed by atoms with E-state index in [4.69, 9.17) is 0 Å². The molecule has 1 heterocycles. The van der Waals surface area contributed by atoms with Crippen LogP contribution in [0.15, 0.2) is 47.6 Å². The number of aryl methyl sites for hydroxylation is 2. The second kappa shape index (κ2) is 7.48. The van der Waals surface area contributed by atoms with Crippen molar-refractivity contribution in [3.8, 4) is 11.4 Å². The maximum Gasteiger partial charge on any atom is 0.234 e. The zero-order valence-electron chi connectivity index (χ0n) is 13.8. The summed E-state index contributed by atoms with van der Waals surface area (Å²) in [4.78, 5) is 16.4. The number of hydrogen-bond donors (Lipinski definition) is 2. The maximum atomic E-state index is 13.7. The van der Waals surface area contributed by atoms with Gasteiger partial charge < -0.3 is 5.32 Å². The van der Waals surface area contributed by atoms with Crippen LogP contribution in [0.5, 0.6) is 0 Å². The van der Waals surface area contributed by atoms with Crippen molar-refractivity contribution in [1.29, 1.82) is 0 Å². The summed E-state index contributed by atoms with van der Waals surface area (Å²) in [6.07, 6.45) is 0. The number of anilines is 1. The van der Waals surface area contributed by atoms with E-state index in [-0.39, 0.29) is 17.3 Å². The lowest BCUT2D eigenvalue weighted by molar-refractivity contribution is -0.113. The van der Waals surface area contributed by atoms with E-state index in [1.807, 2.05) is 31.2 Å². The summed E-state index contributed by atoms with van der Waals surface area (Å²) in [6.45, 7) is 3.80. The summed E-state index contributed by atoms with van der Waals surface area (Å²) in [7, 11) is 0. The van der Waals surface area contributed by atoms with Gasteiger partial charge in [-0.15, -0.1) is 5.10 Å². The van der Waals surface area contributed by atoms with Crippen LogP contribution in [0.25, 0.3) is 11.4 Å². The Kier molecular flexibility index (Phi) is 5.14. The van der Waals surface area contributed by atoms with Gasteiger partial charge >= 0.3 is 0 Å². The fourth-order valence-corrected chi connectivity index (χ4v) is 2.87. The van der Waals surface area contributed by atoms with Crippen molar-refractivity contribution < 1.29 is 9.18 Å². The van der Waals surface area contributed by atoms with Crippen LogP contribution in [0.2, 0.25) is 0 Å². The lowest BCUT2D eigenvalue weighted by Gasteiger charge is -2.06. The molecule has 3 aromatic rings. The van der Waals surface area contributed by atoms with Crippen LogP contribution in [0.1, 0.15) is 11.1 Å².